The zero-order chi connectivity index (χ0) is 34.1. The van der Waals surface area contributed by atoms with Crippen molar-refractivity contribution in [1.82, 2.24) is 19.9 Å². The van der Waals surface area contributed by atoms with Gasteiger partial charge in [-0.3, -0.25) is 4.79 Å². The number of ether oxygens (including phenoxy) is 1. The lowest BCUT2D eigenvalue weighted by molar-refractivity contribution is -0.131. The third-order valence-electron chi connectivity index (χ3n) is 9.75. The molecule has 0 spiro atoms. The van der Waals surface area contributed by atoms with Gasteiger partial charge >= 0.3 is 0 Å². The van der Waals surface area contributed by atoms with Gasteiger partial charge in [0.25, 0.3) is 0 Å². The van der Waals surface area contributed by atoms with E-state index in [0.717, 1.165) is 41.5 Å². The minimum absolute atomic E-state index is 0.0114. The van der Waals surface area contributed by atoms with Crippen molar-refractivity contribution >= 4 is 16.8 Å². The van der Waals surface area contributed by atoms with Crippen LogP contribution in [0, 0.1) is 28.4 Å². The first-order valence-electron chi connectivity index (χ1n) is 16.5. The van der Waals surface area contributed by atoms with E-state index in [9.17, 15) is 10.1 Å². The molecule has 3 heterocycles. The molecule has 9 heteroatoms. The highest BCUT2D eigenvalue weighted by Crippen LogP contribution is 2.41. The maximum atomic E-state index is 15.6. The molecule has 1 amide bonds. The Kier molecular flexibility index (Phi) is 9.11. The normalized spacial score (nSPS) is 18.7. The van der Waals surface area contributed by atoms with E-state index in [1.807, 2.05) is 25.2 Å². The van der Waals surface area contributed by atoms with Crippen LogP contribution in [-0.2, 0) is 23.1 Å². The molecule has 0 fully saturated rings. The molecule has 4 bridgehead atoms. The predicted octanol–water partition coefficient (Wildman–Crippen LogP) is 8.99. The van der Waals surface area contributed by atoms with Crippen molar-refractivity contribution in [2.24, 2.45) is 5.41 Å². The molecule has 0 saturated heterocycles. The van der Waals surface area contributed by atoms with Gasteiger partial charge in [0.15, 0.2) is 11.6 Å². The van der Waals surface area contributed by atoms with E-state index in [1.54, 1.807) is 17.3 Å². The molecule has 7 nitrogen and oxygen atoms in total. The number of amides is 1. The van der Waals surface area contributed by atoms with Crippen molar-refractivity contribution < 1.29 is 18.3 Å². The van der Waals surface area contributed by atoms with Crippen LogP contribution in [0.3, 0.4) is 0 Å². The molecule has 6 rings (SSSR count). The Hall–Kier alpha value is -4.97. The molecular formula is C39H41F2N5O2. The van der Waals surface area contributed by atoms with E-state index in [1.165, 1.54) is 24.3 Å². The fourth-order valence-electron chi connectivity index (χ4n) is 7.05. The van der Waals surface area contributed by atoms with Gasteiger partial charge in [-0.15, -0.1) is 0 Å². The first kappa shape index (κ1) is 33.0. The highest BCUT2D eigenvalue weighted by molar-refractivity contribution is 5.86. The van der Waals surface area contributed by atoms with Crippen LogP contribution in [0.1, 0.15) is 75.3 Å². The predicted molar refractivity (Wildman–Crippen MR) is 183 cm³/mol. The Morgan fingerprint density at radius 2 is 1.88 bits per heavy atom. The number of aromatic amines is 2. The van der Waals surface area contributed by atoms with Gasteiger partial charge in [0.1, 0.15) is 17.4 Å². The van der Waals surface area contributed by atoms with Crippen LogP contribution in [0.25, 0.3) is 22.3 Å². The number of nitriles is 1. The number of halogens is 2. The van der Waals surface area contributed by atoms with Gasteiger partial charge in [0.2, 0.25) is 5.91 Å². The molecule has 2 aromatic heterocycles. The van der Waals surface area contributed by atoms with Gasteiger partial charge in [-0.2, -0.15) is 5.26 Å². The van der Waals surface area contributed by atoms with E-state index in [-0.39, 0.29) is 41.2 Å². The molecule has 5 aromatic rings. The molecule has 0 radical (unpaired) electrons. The van der Waals surface area contributed by atoms with E-state index in [4.69, 9.17) is 4.74 Å². The summed E-state index contributed by atoms with van der Waals surface area (Å²) in [5.41, 5.74) is 3.67. The maximum absolute atomic E-state index is 15.6. The standard InChI is InChI=1S/C39H41F2N5O2/c1-38(2)16-7-17-39(3,26-10-5-8-25(20-26)9-6-18-42)34-23-44-37(45-34)30-21-27(11-13-31(30)40)48-36-29(12-14-35(47)46(4)24-38)28-15-19-43-33(28)22-32(36)41/h5,8,10-11,13,15,19-23,43H,6-7,9,12,14,16-17,24H2,1-4H3,(H,44,45). The fourth-order valence-corrected chi connectivity index (χ4v) is 7.05. The molecule has 0 saturated carbocycles. The van der Waals surface area contributed by atoms with Gasteiger partial charge in [-0.1, -0.05) is 44.5 Å². The lowest BCUT2D eigenvalue weighted by atomic mass is 9.73. The number of aromatic nitrogens is 3. The number of carbonyl (C=O) groups is 1. The summed E-state index contributed by atoms with van der Waals surface area (Å²) in [4.78, 5) is 26.4. The number of aryl methyl sites for hydroxylation is 2. The lowest BCUT2D eigenvalue weighted by Crippen LogP contribution is -2.36. The number of hydrogen-bond acceptors (Lipinski definition) is 4. The van der Waals surface area contributed by atoms with Crippen LogP contribution < -0.4 is 4.74 Å². The van der Waals surface area contributed by atoms with E-state index in [0.29, 0.717) is 36.3 Å². The highest BCUT2D eigenvalue weighted by Gasteiger charge is 2.33. The highest BCUT2D eigenvalue weighted by atomic mass is 19.1. The lowest BCUT2D eigenvalue weighted by Gasteiger charge is -2.34. The van der Waals surface area contributed by atoms with Crippen molar-refractivity contribution in [2.45, 2.75) is 71.1 Å². The number of fused-ring (bicyclic) bond motifs is 8. The first-order valence-corrected chi connectivity index (χ1v) is 16.5. The summed E-state index contributed by atoms with van der Waals surface area (Å²) < 4.78 is 37.3. The number of imidazole rings is 1. The number of hydrogen-bond donors (Lipinski definition) is 2. The van der Waals surface area contributed by atoms with E-state index < -0.39 is 17.0 Å². The fraction of sp³-hybridized carbons (Fsp3) is 0.359. The third-order valence-corrected chi connectivity index (χ3v) is 9.75. The number of carbonyl (C=O) groups excluding carboxylic acids is 1. The maximum Gasteiger partial charge on any atom is 0.222 e. The largest absolute Gasteiger partial charge is 0.454 e. The average Bonchev–Trinajstić information content (AvgIpc) is 3.74. The van der Waals surface area contributed by atoms with Crippen molar-refractivity contribution in [3.05, 3.63) is 101 Å². The first-order chi connectivity index (χ1) is 23.0. The summed E-state index contributed by atoms with van der Waals surface area (Å²) in [5, 5.41) is 9.94. The van der Waals surface area contributed by atoms with Gasteiger partial charge in [0.05, 0.1) is 11.6 Å². The van der Waals surface area contributed by atoms with Crippen LogP contribution in [0.2, 0.25) is 0 Å². The molecule has 248 valence electrons. The molecule has 1 unspecified atom stereocenters. The summed E-state index contributed by atoms with van der Waals surface area (Å²) in [6.45, 7) is 7.07. The van der Waals surface area contributed by atoms with Crippen molar-refractivity contribution in [3.63, 3.8) is 0 Å². The van der Waals surface area contributed by atoms with Gasteiger partial charge in [-0.05, 0) is 73.4 Å². The summed E-state index contributed by atoms with van der Waals surface area (Å²) in [7, 11) is 1.82. The quantitative estimate of drug-likeness (QED) is 0.204. The monoisotopic (exact) mass is 649 g/mol. The molecular weight excluding hydrogens is 608 g/mol. The number of benzene rings is 3. The SMILES string of the molecule is CN1CC(C)(C)CCCC(C)(c2cccc(CCC#N)c2)c2cnc([nH]2)-c2cc(ccc2F)Oc2c(F)cc3[nH]ccc3c2CCC1=O. The molecule has 3 aromatic carbocycles. The van der Waals surface area contributed by atoms with Crippen LogP contribution in [0.5, 0.6) is 11.5 Å². The van der Waals surface area contributed by atoms with E-state index >= 15 is 8.78 Å². The van der Waals surface area contributed by atoms with Crippen LogP contribution >= 0.6 is 0 Å². The molecule has 1 aliphatic rings. The molecule has 2 N–H and O–H groups in total. The Morgan fingerprint density at radius 3 is 2.69 bits per heavy atom. The Bertz CT molecular complexity index is 2010. The van der Waals surface area contributed by atoms with E-state index in [2.05, 4.69) is 53.9 Å². The van der Waals surface area contributed by atoms with Crippen molar-refractivity contribution in [3.8, 4) is 29.0 Å². The smallest absolute Gasteiger partial charge is 0.222 e. The van der Waals surface area contributed by atoms with Gasteiger partial charge < -0.3 is 19.6 Å². The second-order valence-electron chi connectivity index (χ2n) is 14.0. The second-order valence-corrected chi connectivity index (χ2v) is 14.0. The molecule has 1 atom stereocenters. The minimum atomic E-state index is -0.577. The van der Waals surface area contributed by atoms with Crippen molar-refractivity contribution in [1.29, 1.82) is 5.26 Å². The van der Waals surface area contributed by atoms with Crippen LogP contribution in [0.4, 0.5) is 8.78 Å². The van der Waals surface area contributed by atoms with Crippen LogP contribution in [0.15, 0.2) is 67.0 Å². The molecule has 48 heavy (non-hydrogen) atoms. The second kappa shape index (κ2) is 13.3. The summed E-state index contributed by atoms with van der Waals surface area (Å²) >= 11 is 0. The zero-order valence-corrected chi connectivity index (χ0v) is 27.9. The number of rotatable bonds is 3. The van der Waals surface area contributed by atoms with Crippen LogP contribution in [-0.4, -0.2) is 39.4 Å². The average molecular weight is 650 g/mol. The van der Waals surface area contributed by atoms with Gasteiger partial charge in [-0.25, -0.2) is 13.8 Å². The molecule has 1 aliphatic heterocycles. The minimum Gasteiger partial charge on any atom is -0.454 e. The Balaban J connectivity index is 1.46. The Labute approximate surface area is 280 Å². The summed E-state index contributed by atoms with van der Waals surface area (Å²) in [6, 6.07) is 18.0. The number of nitrogens with zero attached hydrogens (tertiary/aromatic N) is 3. The van der Waals surface area contributed by atoms with Gasteiger partial charge in [0, 0.05) is 72.5 Å². The summed E-state index contributed by atoms with van der Waals surface area (Å²) in [5.74, 6) is -0.509. The Morgan fingerprint density at radius 1 is 1.04 bits per heavy atom. The molecule has 0 aliphatic carbocycles. The third kappa shape index (κ3) is 6.70. The number of H-pyrrole nitrogens is 2. The topological polar surface area (TPSA) is 97.8 Å². The van der Waals surface area contributed by atoms with Crippen molar-refractivity contribution in [2.75, 3.05) is 13.6 Å². The zero-order valence-electron chi connectivity index (χ0n) is 27.9. The number of nitrogens with one attached hydrogen (secondary N) is 2. The summed E-state index contributed by atoms with van der Waals surface area (Å²) in [6.07, 6.45) is 7.51.